The van der Waals surface area contributed by atoms with Crippen LogP contribution < -0.4 is 0 Å². The van der Waals surface area contributed by atoms with Crippen molar-refractivity contribution in [3.05, 3.63) is 11.4 Å². The van der Waals surface area contributed by atoms with Gasteiger partial charge in [-0.15, -0.1) is 0 Å². The molecule has 0 spiro atoms. The van der Waals surface area contributed by atoms with Crippen molar-refractivity contribution in [3.8, 4) is 0 Å². The molecule has 0 atom stereocenters. The summed E-state index contributed by atoms with van der Waals surface area (Å²) in [6.07, 6.45) is 0. The summed E-state index contributed by atoms with van der Waals surface area (Å²) in [6, 6.07) is 0. The zero-order valence-electron chi connectivity index (χ0n) is 10.4. The fourth-order valence-electron chi connectivity index (χ4n) is 1.35. The average Bonchev–Trinajstić information content (AvgIpc) is 2.60. The lowest BCUT2D eigenvalue weighted by atomic mass is 10.3. The summed E-state index contributed by atoms with van der Waals surface area (Å²) in [5, 5.41) is 16.3. The minimum Gasteiger partial charge on any atom is -0.480 e. The second-order valence-corrected chi connectivity index (χ2v) is 4.20. The van der Waals surface area contributed by atoms with Crippen LogP contribution in [0.15, 0.2) is 4.63 Å². The van der Waals surface area contributed by atoms with E-state index in [1.165, 1.54) is 0 Å². The Morgan fingerprint density at radius 1 is 1.35 bits per heavy atom. The lowest BCUT2D eigenvalue weighted by Gasteiger charge is -2.21. The van der Waals surface area contributed by atoms with Crippen LogP contribution in [0, 0.1) is 6.92 Å². The lowest BCUT2D eigenvalue weighted by molar-refractivity contribution is -0.138. The van der Waals surface area contributed by atoms with Gasteiger partial charge in [0, 0.05) is 19.6 Å². The average molecular weight is 242 g/mol. The predicted molar refractivity (Wildman–Crippen MR) is 60.5 cm³/mol. The summed E-state index contributed by atoms with van der Waals surface area (Å²) in [6.45, 7) is 3.66. The number of carbonyl (C=O) groups is 1. The molecule has 0 fully saturated rings. The van der Waals surface area contributed by atoms with Crippen molar-refractivity contribution in [1.29, 1.82) is 0 Å². The molecule has 0 unspecified atom stereocenters. The summed E-state index contributed by atoms with van der Waals surface area (Å²) < 4.78 is 4.59. The van der Waals surface area contributed by atoms with E-state index in [1.807, 2.05) is 19.0 Å². The number of aryl methyl sites for hydroxylation is 1. The first-order chi connectivity index (χ1) is 7.99. The van der Waals surface area contributed by atoms with Gasteiger partial charge in [0.25, 0.3) is 0 Å². The van der Waals surface area contributed by atoms with Crippen molar-refractivity contribution in [3.63, 3.8) is 0 Å². The highest BCUT2D eigenvalue weighted by Gasteiger charge is 2.14. The molecule has 1 rings (SSSR count). The number of hydrogen-bond donors (Lipinski definition) is 1. The van der Waals surface area contributed by atoms with Crippen LogP contribution in [0.2, 0.25) is 0 Å². The van der Waals surface area contributed by atoms with Crippen LogP contribution in [0.3, 0.4) is 0 Å². The molecule has 1 N–H and O–H groups in total. The summed E-state index contributed by atoms with van der Waals surface area (Å²) in [5.74, 6) is -0.849. The third kappa shape index (κ3) is 4.92. The monoisotopic (exact) mass is 242 g/mol. The van der Waals surface area contributed by atoms with Crippen molar-refractivity contribution in [2.24, 2.45) is 0 Å². The highest BCUT2D eigenvalue weighted by atomic mass is 16.6. The highest BCUT2D eigenvalue weighted by Crippen LogP contribution is 2.05. The molecular formula is C10H18N4O3. The van der Waals surface area contributed by atoms with Gasteiger partial charge in [0.2, 0.25) is 0 Å². The third-order valence-corrected chi connectivity index (χ3v) is 2.34. The topological polar surface area (TPSA) is 82.7 Å². The van der Waals surface area contributed by atoms with Crippen LogP contribution in [-0.2, 0) is 11.3 Å². The third-order valence-electron chi connectivity index (χ3n) is 2.34. The number of likely N-dealkylation sites (N-methyl/N-ethyl adjacent to an activating group) is 1. The normalized spacial score (nSPS) is 11.4. The molecule has 1 heterocycles. The van der Waals surface area contributed by atoms with Gasteiger partial charge in [0.05, 0.1) is 6.54 Å². The Bertz CT molecular complexity index is 364. The number of carboxylic acids is 1. The molecule has 0 aliphatic rings. The zero-order valence-corrected chi connectivity index (χ0v) is 10.4. The molecule has 0 radical (unpaired) electrons. The van der Waals surface area contributed by atoms with Gasteiger partial charge in [0.15, 0.2) is 0 Å². The first kappa shape index (κ1) is 13.6. The standard InChI is InChI=1S/C10H18N4O3/c1-8-9(12-17-11-8)6-14(7-10(15)16)5-4-13(2)3/h4-7H2,1-3H3,(H,15,16). The number of carboxylic acid groups (broad SMARTS) is 1. The van der Waals surface area contributed by atoms with Crippen LogP contribution in [0.4, 0.5) is 0 Å². The minimum absolute atomic E-state index is 0.0138. The predicted octanol–water partition coefficient (Wildman–Crippen LogP) is -0.174. The molecule has 0 amide bonds. The van der Waals surface area contributed by atoms with E-state index in [-0.39, 0.29) is 6.54 Å². The number of aliphatic carboxylic acids is 1. The van der Waals surface area contributed by atoms with Gasteiger partial charge in [-0.05, 0) is 21.0 Å². The Labute approximate surface area is 100.0 Å². The van der Waals surface area contributed by atoms with Crippen LogP contribution in [0.5, 0.6) is 0 Å². The summed E-state index contributed by atoms with van der Waals surface area (Å²) in [5.41, 5.74) is 1.38. The van der Waals surface area contributed by atoms with Gasteiger partial charge in [-0.1, -0.05) is 10.3 Å². The van der Waals surface area contributed by atoms with Crippen LogP contribution in [0.1, 0.15) is 11.4 Å². The Hall–Kier alpha value is -1.47. The fourth-order valence-corrected chi connectivity index (χ4v) is 1.35. The van der Waals surface area contributed by atoms with E-state index in [0.717, 1.165) is 6.54 Å². The van der Waals surface area contributed by atoms with Gasteiger partial charge >= 0.3 is 5.97 Å². The van der Waals surface area contributed by atoms with Gasteiger partial charge in [0.1, 0.15) is 11.4 Å². The van der Waals surface area contributed by atoms with E-state index in [0.29, 0.717) is 24.5 Å². The van der Waals surface area contributed by atoms with Crippen molar-refractivity contribution >= 4 is 5.97 Å². The molecule has 96 valence electrons. The van der Waals surface area contributed by atoms with Crippen LogP contribution in [-0.4, -0.2) is 64.9 Å². The first-order valence-electron chi connectivity index (χ1n) is 5.36. The Balaban J connectivity index is 2.57. The number of aromatic nitrogens is 2. The van der Waals surface area contributed by atoms with Gasteiger partial charge < -0.3 is 10.0 Å². The summed E-state index contributed by atoms with van der Waals surface area (Å²) >= 11 is 0. The second-order valence-electron chi connectivity index (χ2n) is 4.20. The molecule has 0 aliphatic heterocycles. The summed E-state index contributed by atoms with van der Waals surface area (Å²) in [4.78, 5) is 14.6. The maximum absolute atomic E-state index is 10.8. The molecule has 0 aliphatic carbocycles. The smallest absolute Gasteiger partial charge is 0.317 e. The van der Waals surface area contributed by atoms with Crippen molar-refractivity contribution in [2.75, 3.05) is 33.7 Å². The maximum Gasteiger partial charge on any atom is 0.317 e. The number of nitrogens with zero attached hydrogens (tertiary/aromatic N) is 4. The molecule has 0 saturated heterocycles. The van der Waals surface area contributed by atoms with E-state index >= 15 is 0 Å². The van der Waals surface area contributed by atoms with E-state index in [4.69, 9.17) is 5.11 Å². The van der Waals surface area contributed by atoms with Gasteiger partial charge in [-0.2, -0.15) is 0 Å². The highest BCUT2D eigenvalue weighted by molar-refractivity contribution is 5.69. The first-order valence-corrected chi connectivity index (χ1v) is 5.36. The van der Waals surface area contributed by atoms with E-state index in [9.17, 15) is 4.79 Å². The fraction of sp³-hybridized carbons (Fsp3) is 0.700. The molecule has 1 aromatic heterocycles. The zero-order chi connectivity index (χ0) is 12.8. The van der Waals surface area contributed by atoms with E-state index < -0.39 is 5.97 Å². The molecule has 0 saturated carbocycles. The van der Waals surface area contributed by atoms with Crippen molar-refractivity contribution < 1.29 is 14.5 Å². The molecule has 7 nitrogen and oxygen atoms in total. The van der Waals surface area contributed by atoms with Gasteiger partial charge in [-0.3, -0.25) is 9.69 Å². The van der Waals surface area contributed by atoms with Crippen molar-refractivity contribution in [1.82, 2.24) is 20.1 Å². The quantitative estimate of drug-likeness (QED) is 0.710. The lowest BCUT2D eigenvalue weighted by Crippen LogP contribution is -2.35. The molecule has 0 bridgehead atoms. The Kier molecular flexibility index (Phi) is 5.05. The van der Waals surface area contributed by atoms with Crippen molar-refractivity contribution in [2.45, 2.75) is 13.5 Å². The molecule has 7 heteroatoms. The van der Waals surface area contributed by atoms with E-state index in [2.05, 4.69) is 14.9 Å². The molecule has 17 heavy (non-hydrogen) atoms. The Morgan fingerprint density at radius 2 is 2.06 bits per heavy atom. The van der Waals surface area contributed by atoms with Gasteiger partial charge in [-0.25, -0.2) is 4.63 Å². The molecule has 0 aromatic carbocycles. The largest absolute Gasteiger partial charge is 0.480 e. The second kappa shape index (κ2) is 6.31. The molecular weight excluding hydrogens is 224 g/mol. The Morgan fingerprint density at radius 3 is 2.53 bits per heavy atom. The molecule has 1 aromatic rings. The van der Waals surface area contributed by atoms with Crippen LogP contribution in [0.25, 0.3) is 0 Å². The van der Waals surface area contributed by atoms with Crippen LogP contribution >= 0.6 is 0 Å². The number of rotatable bonds is 7. The summed E-state index contributed by atoms with van der Waals surface area (Å²) in [7, 11) is 3.89. The number of hydrogen-bond acceptors (Lipinski definition) is 6. The minimum atomic E-state index is -0.849. The SMILES string of the molecule is Cc1nonc1CN(CCN(C)C)CC(=O)O. The maximum atomic E-state index is 10.8. The van der Waals surface area contributed by atoms with E-state index in [1.54, 1.807) is 11.8 Å².